The van der Waals surface area contributed by atoms with Gasteiger partial charge in [-0.3, -0.25) is 0 Å². The smallest absolute Gasteiger partial charge is 0.317 e. The van der Waals surface area contributed by atoms with Crippen molar-refractivity contribution in [3.63, 3.8) is 0 Å². The average Bonchev–Trinajstić information content (AvgIpc) is 3.24. The van der Waals surface area contributed by atoms with E-state index >= 15 is 0 Å². The van der Waals surface area contributed by atoms with E-state index in [1.54, 1.807) is 11.3 Å². The Hall–Kier alpha value is -1.34. The van der Waals surface area contributed by atoms with Crippen molar-refractivity contribution in [2.75, 3.05) is 31.1 Å². The number of carbonyl (C=O) groups excluding carboxylic acids is 1. The van der Waals surface area contributed by atoms with Gasteiger partial charge in [0.1, 0.15) is 0 Å². The molecule has 6 nitrogen and oxygen atoms in total. The van der Waals surface area contributed by atoms with Gasteiger partial charge >= 0.3 is 6.03 Å². The maximum absolute atomic E-state index is 12.5. The molecule has 0 aromatic carbocycles. The molecule has 3 fully saturated rings. The Bertz CT molecular complexity index is 577. The zero-order valence-corrected chi connectivity index (χ0v) is 14.6. The molecule has 0 aliphatic carbocycles. The van der Waals surface area contributed by atoms with Gasteiger partial charge in [-0.15, -0.1) is 11.3 Å². The Morgan fingerprint density at radius 3 is 2.61 bits per heavy atom. The van der Waals surface area contributed by atoms with Crippen molar-refractivity contribution in [1.82, 2.24) is 15.2 Å². The molecule has 126 valence electrons. The summed E-state index contributed by atoms with van der Waals surface area (Å²) in [7, 11) is 0. The van der Waals surface area contributed by atoms with Crippen molar-refractivity contribution in [3.8, 4) is 0 Å². The summed E-state index contributed by atoms with van der Waals surface area (Å²) in [5, 5.41) is 4.26. The number of hydrogen-bond donors (Lipinski definition) is 1. The van der Waals surface area contributed by atoms with E-state index in [1.807, 2.05) is 4.90 Å². The van der Waals surface area contributed by atoms with Crippen LogP contribution in [0.25, 0.3) is 0 Å². The number of piperazine rings is 1. The van der Waals surface area contributed by atoms with Crippen LogP contribution in [0.4, 0.5) is 9.93 Å². The summed E-state index contributed by atoms with van der Waals surface area (Å²) < 4.78 is 5.81. The minimum atomic E-state index is 0.0669. The van der Waals surface area contributed by atoms with Crippen molar-refractivity contribution in [2.24, 2.45) is 0 Å². The van der Waals surface area contributed by atoms with Gasteiger partial charge < -0.3 is 19.9 Å². The van der Waals surface area contributed by atoms with Crippen LogP contribution in [0.2, 0.25) is 0 Å². The second-order valence-electron chi connectivity index (χ2n) is 6.78. The van der Waals surface area contributed by atoms with Crippen molar-refractivity contribution >= 4 is 22.5 Å². The predicted octanol–water partition coefficient (Wildman–Crippen LogP) is 1.91. The fourth-order valence-electron chi connectivity index (χ4n) is 3.73. The molecule has 0 radical (unpaired) electrons. The number of hydrogen-bond acceptors (Lipinski definition) is 5. The van der Waals surface area contributed by atoms with Crippen LogP contribution < -0.4 is 10.2 Å². The van der Waals surface area contributed by atoms with Gasteiger partial charge in [0.15, 0.2) is 5.13 Å². The molecule has 23 heavy (non-hydrogen) atoms. The first-order valence-electron chi connectivity index (χ1n) is 8.50. The van der Waals surface area contributed by atoms with Gasteiger partial charge in [-0.2, -0.15) is 0 Å². The van der Waals surface area contributed by atoms with E-state index in [0.717, 1.165) is 56.3 Å². The molecule has 4 heterocycles. The highest BCUT2D eigenvalue weighted by Crippen LogP contribution is 2.34. The lowest BCUT2D eigenvalue weighted by atomic mass is 9.96. The Balaban J connectivity index is 1.30. The lowest BCUT2D eigenvalue weighted by Gasteiger charge is -2.35. The van der Waals surface area contributed by atoms with Crippen LogP contribution in [0, 0.1) is 13.8 Å². The zero-order chi connectivity index (χ0) is 16.0. The monoisotopic (exact) mass is 336 g/mol. The minimum Gasteiger partial charge on any atom is -0.373 e. The SMILES string of the molecule is Cc1nc(N2CCN(C(=O)N[C@H]3C[C@@H]4CC[C@@H]3O4)CC2)sc1C. The third-order valence-corrected chi connectivity index (χ3v) is 6.40. The number of nitrogens with zero attached hydrogens (tertiary/aromatic N) is 3. The third kappa shape index (κ3) is 2.92. The number of thiazole rings is 1. The van der Waals surface area contributed by atoms with Crippen molar-refractivity contribution < 1.29 is 9.53 Å². The van der Waals surface area contributed by atoms with Crippen LogP contribution >= 0.6 is 11.3 Å². The van der Waals surface area contributed by atoms with E-state index in [9.17, 15) is 4.79 Å². The molecule has 1 N–H and O–H groups in total. The fraction of sp³-hybridized carbons (Fsp3) is 0.750. The summed E-state index contributed by atoms with van der Waals surface area (Å²) in [6.45, 7) is 7.38. The van der Waals surface area contributed by atoms with Gasteiger partial charge in [0.25, 0.3) is 0 Å². The summed E-state index contributed by atoms with van der Waals surface area (Å²) >= 11 is 1.74. The number of rotatable bonds is 2. The Morgan fingerprint density at radius 1 is 1.26 bits per heavy atom. The van der Waals surface area contributed by atoms with Gasteiger partial charge in [-0.05, 0) is 33.1 Å². The van der Waals surface area contributed by atoms with Crippen LogP contribution in [0.5, 0.6) is 0 Å². The molecule has 2 amide bonds. The van der Waals surface area contributed by atoms with E-state index in [-0.39, 0.29) is 18.2 Å². The number of ether oxygens (including phenoxy) is 1. The molecule has 3 aliphatic rings. The second kappa shape index (κ2) is 5.94. The van der Waals surface area contributed by atoms with Crippen LogP contribution in [0.15, 0.2) is 0 Å². The number of anilines is 1. The second-order valence-corrected chi connectivity index (χ2v) is 7.96. The normalized spacial score (nSPS) is 30.1. The molecule has 3 aliphatic heterocycles. The first-order valence-corrected chi connectivity index (χ1v) is 9.31. The fourth-order valence-corrected chi connectivity index (χ4v) is 4.69. The lowest BCUT2D eigenvalue weighted by molar-refractivity contribution is 0.0969. The number of carbonyl (C=O) groups is 1. The molecule has 0 spiro atoms. The topological polar surface area (TPSA) is 57.7 Å². The molecule has 4 rings (SSSR count). The molecular weight excluding hydrogens is 312 g/mol. The molecular formula is C16H24N4O2S. The number of aryl methyl sites for hydroxylation is 2. The molecule has 3 atom stereocenters. The van der Waals surface area contributed by atoms with Gasteiger partial charge in [0.2, 0.25) is 0 Å². The van der Waals surface area contributed by atoms with E-state index in [0.29, 0.717) is 6.10 Å². The Labute approximate surface area is 140 Å². The molecule has 0 saturated carbocycles. The van der Waals surface area contributed by atoms with Gasteiger partial charge in [0, 0.05) is 31.1 Å². The Morgan fingerprint density at radius 2 is 2.04 bits per heavy atom. The number of aromatic nitrogens is 1. The van der Waals surface area contributed by atoms with Crippen LogP contribution in [-0.4, -0.2) is 60.3 Å². The summed E-state index contributed by atoms with van der Waals surface area (Å²) in [5.41, 5.74) is 1.11. The van der Waals surface area contributed by atoms with Crippen LogP contribution in [-0.2, 0) is 4.74 Å². The molecule has 0 unspecified atom stereocenters. The first kappa shape index (κ1) is 15.2. The summed E-state index contributed by atoms with van der Waals surface area (Å²) in [5.74, 6) is 0. The lowest BCUT2D eigenvalue weighted by Crippen LogP contribution is -2.54. The highest BCUT2D eigenvalue weighted by Gasteiger charge is 2.42. The standard InChI is InChI=1S/C16H24N4O2S/c1-10-11(2)23-16(17-10)20-7-5-19(6-8-20)15(21)18-13-9-12-3-4-14(13)22-12/h12-14H,3-9H2,1-2H3,(H,18,21)/t12-,13-,14-/m0/s1. The highest BCUT2D eigenvalue weighted by molar-refractivity contribution is 7.15. The largest absolute Gasteiger partial charge is 0.373 e. The highest BCUT2D eigenvalue weighted by atomic mass is 32.1. The van der Waals surface area contributed by atoms with E-state index in [2.05, 4.69) is 29.0 Å². The van der Waals surface area contributed by atoms with E-state index in [1.165, 1.54) is 4.88 Å². The number of amides is 2. The zero-order valence-electron chi connectivity index (χ0n) is 13.7. The van der Waals surface area contributed by atoms with Gasteiger partial charge in [-0.1, -0.05) is 0 Å². The minimum absolute atomic E-state index is 0.0669. The van der Waals surface area contributed by atoms with Crippen molar-refractivity contribution in [3.05, 3.63) is 10.6 Å². The third-order valence-electron chi connectivity index (χ3n) is 5.27. The number of urea groups is 1. The van der Waals surface area contributed by atoms with Crippen molar-refractivity contribution in [1.29, 1.82) is 0 Å². The van der Waals surface area contributed by atoms with Gasteiger partial charge in [0.05, 0.1) is 23.9 Å². The van der Waals surface area contributed by atoms with Crippen LogP contribution in [0.1, 0.15) is 29.8 Å². The predicted molar refractivity (Wildman–Crippen MR) is 90.2 cm³/mol. The van der Waals surface area contributed by atoms with Gasteiger partial charge in [-0.25, -0.2) is 9.78 Å². The molecule has 1 aromatic rings. The quantitative estimate of drug-likeness (QED) is 0.896. The molecule has 2 bridgehead atoms. The molecule has 7 heteroatoms. The molecule has 3 saturated heterocycles. The number of fused-ring (bicyclic) bond motifs is 2. The summed E-state index contributed by atoms with van der Waals surface area (Å²) in [6.07, 6.45) is 3.84. The number of nitrogens with one attached hydrogen (secondary N) is 1. The average molecular weight is 336 g/mol. The van der Waals surface area contributed by atoms with E-state index in [4.69, 9.17) is 4.74 Å². The first-order chi connectivity index (χ1) is 11.1. The maximum atomic E-state index is 12.5. The maximum Gasteiger partial charge on any atom is 0.317 e. The van der Waals surface area contributed by atoms with E-state index < -0.39 is 0 Å². The summed E-state index contributed by atoms with van der Waals surface area (Å²) in [6, 6.07) is 0.279. The van der Waals surface area contributed by atoms with Crippen molar-refractivity contribution in [2.45, 2.75) is 51.4 Å². The summed E-state index contributed by atoms with van der Waals surface area (Å²) in [4.78, 5) is 22.6. The molecule has 1 aromatic heterocycles. The van der Waals surface area contributed by atoms with Crippen LogP contribution in [0.3, 0.4) is 0 Å². The Kier molecular flexibility index (Phi) is 3.93.